The summed E-state index contributed by atoms with van der Waals surface area (Å²) >= 11 is 7.40. The van der Waals surface area contributed by atoms with Gasteiger partial charge in [-0.25, -0.2) is 9.97 Å². The van der Waals surface area contributed by atoms with E-state index in [1.807, 2.05) is 29.2 Å². The van der Waals surface area contributed by atoms with Gasteiger partial charge in [0.15, 0.2) is 5.82 Å². The summed E-state index contributed by atoms with van der Waals surface area (Å²) in [5, 5.41) is 1.41. The number of nitrogens with zero attached hydrogens (tertiary/aromatic N) is 3. The Balaban J connectivity index is 2.22. The number of ether oxygens (including phenoxy) is 2. The molecule has 1 aromatic carbocycles. The fraction of sp³-hybridized carbons (Fsp3) is 0.375. The molecule has 2 N–H and O–H groups in total. The molecule has 0 amide bonds. The summed E-state index contributed by atoms with van der Waals surface area (Å²) in [6, 6.07) is 7.54. The molecule has 0 bridgehead atoms. The third-order valence-electron chi connectivity index (χ3n) is 3.28. The Kier molecular flexibility index (Phi) is 7.58. The predicted molar refractivity (Wildman–Crippen MR) is 98.0 cm³/mol. The van der Waals surface area contributed by atoms with Crippen molar-refractivity contribution in [3.05, 3.63) is 35.6 Å². The van der Waals surface area contributed by atoms with Gasteiger partial charge in [-0.3, -0.25) is 0 Å². The second-order valence-corrected chi connectivity index (χ2v) is 6.44. The lowest BCUT2D eigenvalue weighted by Gasteiger charge is -2.24. The lowest BCUT2D eigenvalue weighted by atomic mass is 10.4. The third-order valence-corrected chi connectivity index (χ3v) is 4.56. The molecule has 0 aliphatic rings. The van der Waals surface area contributed by atoms with Crippen molar-refractivity contribution in [3.8, 4) is 0 Å². The van der Waals surface area contributed by atoms with Crippen molar-refractivity contribution < 1.29 is 9.47 Å². The normalized spacial score (nSPS) is 10.8. The van der Waals surface area contributed by atoms with Gasteiger partial charge in [-0.2, -0.15) is 0 Å². The Morgan fingerprint density at radius 1 is 1.08 bits per heavy atom. The van der Waals surface area contributed by atoms with E-state index in [-0.39, 0.29) is 0 Å². The van der Waals surface area contributed by atoms with Crippen molar-refractivity contribution in [1.29, 1.82) is 0 Å². The summed E-state index contributed by atoms with van der Waals surface area (Å²) in [6.45, 7) is 2.50. The Bertz CT molecular complexity index is 634. The van der Waals surface area contributed by atoms with Gasteiger partial charge in [-0.15, -0.1) is 0 Å². The van der Waals surface area contributed by atoms with Crippen molar-refractivity contribution in [2.75, 3.05) is 51.2 Å². The van der Waals surface area contributed by atoms with E-state index < -0.39 is 0 Å². The smallest absolute Gasteiger partial charge is 0.156 e. The van der Waals surface area contributed by atoms with Crippen LogP contribution < -0.4 is 10.6 Å². The fourth-order valence-electron chi connectivity index (χ4n) is 2.04. The zero-order valence-corrected chi connectivity index (χ0v) is 15.3. The van der Waals surface area contributed by atoms with Gasteiger partial charge in [0.25, 0.3) is 0 Å². The van der Waals surface area contributed by atoms with Crippen LogP contribution in [0.25, 0.3) is 0 Å². The lowest BCUT2D eigenvalue weighted by molar-refractivity contribution is 0.190. The quantitative estimate of drug-likeness (QED) is 0.682. The van der Waals surface area contributed by atoms with Gasteiger partial charge in [0, 0.05) is 37.2 Å². The van der Waals surface area contributed by atoms with E-state index in [1.165, 1.54) is 18.1 Å². The molecule has 0 aliphatic heterocycles. The molecule has 0 saturated heterocycles. The Morgan fingerprint density at radius 2 is 1.71 bits per heavy atom. The van der Waals surface area contributed by atoms with Crippen LogP contribution in [0.4, 0.5) is 11.5 Å². The molecule has 2 rings (SSSR count). The molecule has 0 atom stereocenters. The van der Waals surface area contributed by atoms with Gasteiger partial charge >= 0.3 is 0 Å². The number of benzene rings is 1. The number of nitrogen functional groups attached to an aromatic ring is 1. The highest BCUT2D eigenvalue weighted by Gasteiger charge is 2.16. The number of anilines is 2. The zero-order chi connectivity index (χ0) is 17.4. The standard InChI is InChI=1S/C16H21ClN4O2S/c1-22-9-7-21(8-10-23-2)15-14(18)16(20-11-19-15)24-13-5-3-12(17)4-6-13/h3-6,11H,7-10,18H2,1-2H3. The molecular formula is C16H21ClN4O2S. The molecule has 0 spiro atoms. The van der Waals surface area contributed by atoms with Crippen LogP contribution in [0.1, 0.15) is 0 Å². The van der Waals surface area contributed by atoms with Gasteiger partial charge in [0.2, 0.25) is 0 Å². The first-order chi connectivity index (χ1) is 11.7. The first-order valence-electron chi connectivity index (χ1n) is 7.42. The molecule has 6 nitrogen and oxygen atoms in total. The summed E-state index contributed by atoms with van der Waals surface area (Å²) in [4.78, 5) is 11.7. The average Bonchev–Trinajstić information content (AvgIpc) is 2.59. The second-order valence-electron chi connectivity index (χ2n) is 4.94. The maximum Gasteiger partial charge on any atom is 0.156 e. The van der Waals surface area contributed by atoms with E-state index in [0.29, 0.717) is 47.9 Å². The van der Waals surface area contributed by atoms with Crippen molar-refractivity contribution in [2.45, 2.75) is 9.92 Å². The lowest BCUT2D eigenvalue weighted by Crippen LogP contribution is -2.32. The van der Waals surface area contributed by atoms with Crippen molar-refractivity contribution >= 4 is 34.9 Å². The Hall–Kier alpha value is -1.54. The van der Waals surface area contributed by atoms with Crippen LogP contribution in [0, 0.1) is 0 Å². The van der Waals surface area contributed by atoms with E-state index >= 15 is 0 Å². The predicted octanol–water partition coefficient (Wildman–Crippen LogP) is 2.96. The molecular weight excluding hydrogens is 348 g/mol. The minimum absolute atomic E-state index is 0.546. The number of aromatic nitrogens is 2. The fourth-order valence-corrected chi connectivity index (χ4v) is 2.97. The van der Waals surface area contributed by atoms with Gasteiger partial charge in [0.1, 0.15) is 17.0 Å². The van der Waals surface area contributed by atoms with E-state index in [2.05, 4.69) is 9.97 Å². The molecule has 130 valence electrons. The molecule has 0 fully saturated rings. The number of halogens is 1. The first kappa shape index (κ1) is 18.8. The first-order valence-corrected chi connectivity index (χ1v) is 8.62. The molecule has 2 aromatic rings. The summed E-state index contributed by atoms with van der Waals surface area (Å²) in [5.74, 6) is 0.690. The van der Waals surface area contributed by atoms with Crippen LogP contribution in [0.2, 0.25) is 5.02 Å². The third kappa shape index (κ3) is 5.24. The maximum absolute atomic E-state index is 6.31. The van der Waals surface area contributed by atoms with Crippen molar-refractivity contribution in [3.63, 3.8) is 0 Å². The molecule has 1 aromatic heterocycles. The number of nitrogens with two attached hydrogens (primary N) is 1. The van der Waals surface area contributed by atoms with Crippen LogP contribution in [0.15, 0.2) is 40.5 Å². The topological polar surface area (TPSA) is 73.5 Å². The van der Waals surface area contributed by atoms with Gasteiger partial charge in [-0.1, -0.05) is 23.4 Å². The number of rotatable bonds is 9. The minimum atomic E-state index is 0.546. The minimum Gasteiger partial charge on any atom is -0.394 e. The SMILES string of the molecule is COCCN(CCOC)c1ncnc(Sc2ccc(Cl)cc2)c1N. The van der Waals surface area contributed by atoms with E-state index in [4.69, 9.17) is 26.8 Å². The molecule has 0 aliphatic carbocycles. The van der Waals surface area contributed by atoms with Crippen LogP contribution in [-0.4, -0.2) is 50.5 Å². The number of hydrogen-bond donors (Lipinski definition) is 1. The molecule has 0 radical (unpaired) electrons. The van der Waals surface area contributed by atoms with E-state index in [9.17, 15) is 0 Å². The Morgan fingerprint density at radius 3 is 2.29 bits per heavy atom. The van der Waals surface area contributed by atoms with Gasteiger partial charge in [-0.05, 0) is 24.3 Å². The number of methoxy groups -OCH3 is 2. The van der Waals surface area contributed by atoms with Crippen molar-refractivity contribution in [1.82, 2.24) is 9.97 Å². The zero-order valence-electron chi connectivity index (χ0n) is 13.7. The van der Waals surface area contributed by atoms with Gasteiger partial charge in [0.05, 0.1) is 13.2 Å². The highest BCUT2D eigenvalue weighted by atomic mass is 35.5. The highest BCUT2D eigenvalue weighted by Crippen LogP contribution is 2.34. The molecule has 0 unspecified atom stereocenters. The van der Waals surface area contributed by atoms with E-state index in [1.54, 1.807) is 14.2 Å². The molecule has 0 saturated carbocycles. The van der Waals surface area contributed by atoms with Crippen LogP contribution in [0.5, 0.6) is 0 Å². The van der Waals surface area contributed by atoms with E-state index in [0.717, 1.165) is 4.90 Å². The van der Waals surface area contributed by atoms with Crippen molar-refractivity contribution in [2.24, 2.45) is 0 Å². The Labute approximate surface area is 151 Å². The second kappa shape index (κ2) is 9.68. The number of hydrogen-bond acceptors (Lipinski definition) is 7. The van der Waals surface area contributed by atoms with Crippen LogP contribution >= 0.6 is 23.4 Å². The summed E-state index contributed by atoms with van der Waals surface area (Å²) in [7, 11) is 3.33. The summed E-state index contributed by atoms with van der Waals surface area (Å²) in [5.41, 5.74) is 6.86. The van der Waals surface area contributed by atoms with Gasteiger partial charge < -0.3 is 20.1 Å². The highest BCUT2D eigenvalue weighted by molar-refractivity contribution is 7.99. The summed E-state index contributed by atoms with van der Waals surface area (Å²) < 4.78 is 10.3. The largest absolute Gasteiger partial charge is 0.394 e. The monoisotopic (exact) mass is 368 g/mol. The van der Waals surface area contributed by atoms with Crippen LogP contribution in [-0.2, 0) is 9.47 Å². The molecule has 1 heterocycles. The average molecular weight is 369 g/mol. The maximum atomic E-state index is 6.31. The molecule has 8 heteroatoms. The summed E-state index contributed by atoms with van der Waals surface area (Å²) in [6.07, 6.45) is 1.52. The molecule has 24 heavy (non-hydrogen) atoms. The van der Waals surface area contributed by atoms with Crippen LogP contribution in [0.3, 0.4) is 0 Å².